The molecule has 3 aromatic heterocycles. The van der Waals surface area contributed by atoms with Crippen molar-refractivity contribution in [3.8, 4) is 22.3 Å². The zero-order chi connectivity index (χ0) is 26.0. The lowest BCUT2D eigenvalue weighted by Crippen LogP contribution is -2.21. The molecule has 0 atom stereocenters. The number of nitrogens with one attached hydrogen (secondary N) is 1. The molecule has 36 heavy (non-hydrogen) atoms. The van der Waals surface area contributed by atoms with Crippen molar-refractivity contribution in [2.45, 2.75) is 13.1 Å². The van der Waals surface area contributed by atoms with Gasteiger partial charge in [-0.05, 0) is 47.9 Å². The summed E-state index contributed by atoms with van der Waals surface area (Å²) in [5, 5.41) is 18.5. The average molecular weight is 493 g/mol. The number of carbonyl (C=O) groups is 2. The number of aryl methyl sites for hydroxylation is 1. The molecule has 0 fully saturated rings. The molecule has 5 rings (SSSR count). The number of benzene rings is 2. The second-order valence-corrected chi connectivity index (χ2v) is 7.84. The number of rotatable bonds is 3. The predicted octanol–water partition coefficient (Wildman–Crippen LogP) is 6.09. The van der Waals surface area contributed by atoms with Gasteiger partial charge in [-0.3, -0.25) is 4.98 Å². The van der Waals surface area contributed by atoms with Gasteiger partial charge in [0, 0.05) is 40.5 Å². The van der Waals surface area contributed by atoms with E-state index in [-0.39, 0.29) is 0 Å². The molecule has 0 unspecified atom stereocenters. The third-order valence-corrected chi connectivity index (χ3v) is 5.50. The van der Waals surface area contributed by atoms with Crippen LogP contribution in [0.3, 0.4) is 0 Å². The quantitative estimate of drug-likeness (QED) is 0.280. The van der Waals surface area contributed by atoms with Gasteiger partial charge in [-0.2, -0.15) is 13.2 Å². The summed E-state index contributed by atoms with van der Waals surface area (Å²) in [6.45, 7) is 1.81. The maximum Gasteiger partial charge on any atom is 0.490 e. The smallest absolute Gasteiger partial charge is 0.478 e. The standard InChI is InChI=1S/C24H17N3O2.C2HF3O2/c1-14-10-15(7-8-17(14)24(28)29)21-13-27-23-20(21)11-16(12-26-23)18-4-2-6-22-19(18)5-3-9-25-22;3-2(4,5)1(6)7/h2-13H,1H3,(H,26,27)(H,28,29);(H,6,7). The summed E-state index contributed by atoms with van der Waals surface area (Å²) >= 11 is 0. The van der Waals surface area contributed by atoms with Gasteiger partial charge in [0.15, 0.2) is 0 Å². The number of carboxylic acid groups (broad SMARTS) is 2. The Morgan fingerprint density at radius 1 is 0.889 bits per heavy atom. The fourth-order valence-corrected chi connectivity index (χ4v) is 3.82. The molecule has 0 aliphatic carbocycles. The first-order chi connectivity index (χ1) is 17.1. The number of H-pyrrole nitrogens is 1. The van der Waals surface area contributed by atoms with E-state index < -0.39 is 18.1 Å². The van der Waals surface area contributed by atoms with Crippen molar-refractivity contribution in [3.63, 3.8) is 0 Å². The lowest BCUT2D eigenvalue weighted by Gasteiger charge is -2.08. The maximum atomic E-state index is 11.3. The fourth-order valence-electron chi connectivity index (χ4n) is 3.82. The lowest BCUT2D eigenvalue weighted by atomic mass is 9.97. The highest BCUT2D eigenvalue weighted by Gasteiger charge is 2.38. The first-order valence-electron chi connectivity index (χ1n) is 10.5. The molecule has 3 heterocycles. The zero-order valence-electron chi connectivity index (χ0n) is 18.7. The first kappa shape index (κ1) is 24.4. The second kappa shape index (κ2) is 9.49. The number of hydrogen-bond donors (Lipinski definition) is 3. The van der Waals surface area contributed by atoms with Gasteiger partial charge in [0.1, 0.15) is 5.65 Å². The molecule has 0 saturated carbocycles. The van der Waals surface area contributed by atoms with E-state index >= 15 is 0 Å². The SMILES string of the molecule is Cc1cc(-c2c[nH]c3ncc(-c4cccc5ncccc45)cc23)ccc1C(=O)O.O=C(O)C(F)(F)F. The van der Waals surface area contributed by atoms with Crippen molar-refractivity contribution in [1.29, 1.82) is 0 Å². The Balaban J connectivity index is 0.000000384. The largest absolute Gasteiger partial charge is 0.490 e. The molecule has 10 heteroatoms. The van der Waals surface area contributed by atoms with E-state index in [9.17, 15) is 23.1 Å². The molecule has 7 nitrogen and oxygen atoms in total. The van der Waals surface area contributed by atoms with E-state index in [1.807, 2.05) is 49.6 Å². The minimum Gasteiger partial charge on any atom is -0.478 e. The highest BCUT2D eigenvalue weighted by Crippen LogP contribution is 2.34. The maximum absolute atomic E-state index is 11.3. The van der Waals surface area contributed by atoms with Crippen molar-refractivity contribution >= 4 is 33.9 Å². The summed E-state index contributed by atoms with van der Waals surface area (Å²) in [5.41, 5.74) is 6.82. The van der Waals surface area contributed by atoms with Gasteiger partial charge >= 0.3 is 18.1 Å². The van der Waals surface area contributed by atoms with E-state index in [1.54, 1.807) is 12.3 Å². The van der Waals surface area contributed by atoms with E-state index in [0.717, 1.165) is 49.8 Å². The van der Waals surface area contributed by atoms with Gasteiger partial charge in [-0.15, -0.1) is 0 Å². The van der Waals surface area contributed by atoms with E-state index in [0.29, 0.717) is 5.56 Å². The Bertz CT molecular complexity index is 1600. The number of carboxylic acids is 2. The number of hydrogen-bond acceptors (Lipinski definition) is 4. The topological polar surface area (TPSA) is 116 Å². The van der Waals surface area contributed by atoms with Crippen molar-refractivity contribution < 1.29 is 33.0 Å². The molecule has 0 aliphatic heterocycles. The van der Waals surface area contributed by atoms with Crippen LogP contribution in [-0.2, 0) is 4.79 Å². The Hall–Kier alpha value is -4.73. The molecule has 5 aromatic rings. The lowest BCUT2D eigenvalue weighted by molar-refractivity contribution is -0.192. The number of fused-ring (bicyclic) bond motifs is 2. The summed E-state index contributed by atoms with van der Waals surface area (Å²) in [7, 11) is 0. The minimum absolute atomic E-state index is 0.315. The molecular weight excluding hydrogens is 475 g/mol. The van der Waals surface area contributed by atoms with Gasteiger partial charge in [0.25, 0.3) is 0 Å². The average Bonchev–Trinajstić information content (AvgIpc) is 3.26. The van der Waals surface area contributed by atoms with Crippen LogP contribution in [0.25, 0.3) is 44.2 Å². The molecule has 0 spiro atoms. The molecule has 0 bridgehead atoms. The third-order valence-electron chi connectivity index (χ3n) is 5.50. The number of halogens is 3. The molecular formula is C26H18F3N3O4. The molecule has 0 saturated heterocycles. The Kier molecular flexibility index (Phi) is 6.43. The van der Waals surface area contributed by atoms with Gasteiger partial charge in [0.05, 0.1) is 11.1 Å². The molecule has 0 aliphatic rings. The highest BCUT2D eigenvalue weighted by molar-refractivity contribution is 6.00. The molecule has 3 N–H and O–H groups in total. The van der Waals surface area contributed by atoms with Crippen LogP contribution in [0.1, 0.15) is 15.9 Å². The minimum atomic E-state index is -5.08. The first-order valence-corrected chi connectivity index (χ1v) is 10.5. The van der Waals surface area contributed by atoms with Crippen LogP contribution in [0, 0.1) is 6.92 Å². The number of alkyl halides is 3. The van der Waals surface area contributed by atoms with Crippen LogP contribution in [0.4, 0.5) is 13.2 Å². The summed E-state index contributed by atoms with van der Waals surface area (Å²) < 4.78 is 31.7. The van der Waals surface area contributed by atoms with Crippen LogP contribution in [0.5, 0.6) is 0 Å². The van der Waals surface area contributed by atoms with Gasteiger partial charge < -0.3 is 15.2 Å². The monoisotopic (exact) mass is 493 g/mol. The van der Waals surface area contributed by atoms with Gasteiger partial charge in [0.2, 0.25) is 0 Å². The summed E-state index contributed by atoms with van der Waals surface area (Å²) in [4.78, 5) is 32.5. The number of aliphatic carboxylic acids is 1. The van der Waals surface area contributed by atoms with E-state index in [4.69, 9.17) is 9.90 Å². The van der Waals surface area contributed by atoms with Crippen LogP contribution in [0.2, 0.25) is 0 Å². The third kappa shape index (κ3) is 4.88. The van der Waals surface area contributed by atoms with Crippen LogP contribution >= 0.6 is 0 Å². The molecule has 2 aromatic carbocycles. The molecule has 182 valence electrons. The second-order valence-electron chi connectivity index (χ2n) is 7.84. The number of aromatic amines is 1. The number of pyridine rings is 2. The van der Waals surface area contributed by atoms with Gasteiger partial charge in [-0.25, -0.2) is 14.6 Å². The predicted molar refractivity (Wildman–Crippen MR) is 128 cm³/mol. The number of aromatic carboxylic acids is 1. The van der Waals surface area contributed by atoms with Crippen LogP contribution in [0.15, 0.2) is 73.2 Å². The summed E-state index contributed by atoms with van der Waals surface area (Å²) in [6, 6.07) is 17.6. The highest BCUT2D eigenvalue weighted by atomic mass is 19.4. The number of nitrogens with zero attached hydrogens (tertiary/aromatic N) is 2. The molecule has 0 amide bonds. The van der Waals surface area contributed by atoms with Gasteiger partial charge in [-0.1, -0.05) is 30.3 Å². The fraction of sp³-hybridized carbons (Fsp3) is 0.0769. The summed E-state index contributed by atoms with van der Waals surface area (Å²) in [5.74, 6) is -3.67. The summed E-state index contributed by atoms with van der Waals surface area (Å²) in [6.07, 6.45) is 0.491. The van der Waals surface area contributed by atoms with Crippen molar-refractivity contribution in [3.05, 3.63) is 84.3 Å². The van der Waals surface area contributed by atoms with Crippen molar-refractivity contribution in [2.24, 2.45) is 0 Å². The van der Waals surface area contributed by atoms with E-state index in [2.05, 4.69) is 33.2 Å². The Morgan fingerprint density at radius 2 is 1.64 bits per heavy atom. The van der Waals surface area contributed by atoms with Crippen molar-refractivity contribution in [2.75, 3.05) is 0 Å². The number of aromatic nitrogens is 3. The zero-order valence-corrected chi connectivity index (χ0v) is 18.7. The normalized spacial score (nSPS) is 11.2. The molecule has 0 radical (unpaired) electrons. The van der Waals surface area contributed by atoms with E-state index in [1.165, 1.54) is 0 Å². The van der Waals surface area contributed by atoms with Crippen LogP contribution in [-0.4, -0.2) is 43.3 Å². The Labute approximate surface area is 201 Å². The Morgan fingerprint density at radius 3 is 2.31 bits per heavy atom. The van der Waals surface area contributed by atoms with Crippen LogP contribution < -0.4 is 0 Å². The van der Waals surface area contributed by atoms with Crippen molar-refractivity contribution in [1.82, 2.24) is 15.0 Å².